The molecule has 1 aliphatic heterocycles. The van der Waals surface area contributed by atoms with Crippen molar-refractivity contribution < 1.29 is 19.0 Å². The van der Waals surface area contributed by atoms with Gasteiger partial charge in [-0.15, -0.1) is 0 Å². The Morgan fingerprint density at radius 3 is 2.45 bits per heavy atom. The van der Waals surface area contributed by atoms with Gasteiger partial charge in [0.2, 0.25) is 0 Å². The summed E-state index contributed by atoms with van der Waals surface area (Å²) in [5.74, 6) is 1.08. The first kappa shape index (κ1) is 20.9. The minimum absolute atomic E-state index is 0.103. The maximum Gasteiger partial charge on any atom is 0.323 e. The smallest absolute Gasteiger partial charge is 0.323 e. The standard InChI is InChI=1S/C23H25N3O5/c1-25-12-17(15-5-7-24-11-16(15)22(25)27)14-9-20(29-2)18(21(10-14)30-3)13-26-8-6-19(26)23(28)31-4/h5,7,9-12,19H,6,8,13H2,1-4H3/t19-/m1/s1. The summed E-state index contributed by atoms with van der Waals surface area (Å²) in [6, 6.07) is 5.45. The number of likely N-dealkylation sites (tertiary alicyclic amines) is 1. The lowest BCUT2D eigenvalue weighted by molar-refractivity contribution is -0.152. The Kier molecular flexibility index (Phi) is 5.65. The van der Waals surface area contributed by atoms with Gasteiger partial charge >= 0.3 is 5.97 Å². The highest BCUT2D eigenvalue weighted by molar-refractivity contribution is 5.95. The Bertz CT molecular complexity index is 1180. The second-order valence-electron chi connectivity index (χ2n) is 7.54. The number of esters is 1. The number of hydrogen-bond donors (Lipinski definition) is 0. The third kappa shape index (κ3) is 3.63. The zero-order valence-electron chi connectivity index (χ0n) is 18.0. The maximum absolute atomic E-state index is 12.5. The largest absolute Gasteiger partial charge is 0.496 e. The van der Waals surface area contributed by atoms with Crippen LogP contribution in [0.1, 0.15) is 12.0 Å². The third-order valence-corrected chi connectivity index (χ3v) is 5.87. The molecule has 8 nitrogen and oxygen atoms in total. The average Bonchev–Trinajstić information content (AvgIpc) is 2.78. The van der Waals surface area contributed by atoms with Crippen molar-refractivity contribution in [1.29, 1.82) is 0 Å². The van der Waals surface area contributed by atoms with Gasteiger partial charge < -0.3 is 18.8 Å². The molecule has 3 aromatic rings. The Morgan fingerprint density at radius 2 is 1.87 bits per heavy atom. The highest BCUT2D eigenvalue weighted by Crippen LogP contribution is 2.38. The summed E-state index contributed by atoms with van der Waals surface area (Å²) >= 11 is 0. The van der Waals surface area contributed by atoms with Crippen LogP contribution in [-0.2, 0) is 23.1 Å². The molecule has 162 valence electrons. The highest BCUT2D eigenvalue weighted by Gasteiger charge is 2.36. The first-order valence-electron chi connectivity index (χ1n) is 9.99. The molecule has 0 aliphatic carbocycles. The van der Waals surface area contributed by atoms with Gasteiger partial charge in [0, 0.05) is 44.3 Å². The second kappa shape index (κ2) is 8.39. The second-order valence-corrected chi connectivity index (χ2v) is 7.54. The van der Waals surface area contributed by atoms with Gasteiger partial charge in [-0.25, -0.2) is 0 Å². The fourth-order valence-corrected chi connectivity index (χ4v) is 4.07. The van der Waals surface area contributed by atoms with Gasteiger partial charge in [-0.3, -0.25) is 19.5 Å². The van der Waals surface area contributed by atoms with Crippen LogP contribution in [0, 0.1) is 0 Å². The Hall–Kier alpha value is -3.39. The number of carbonyl (C=O) groups is 1. The fraction of sp³-hybridized carbons (Fsp3) is 0.348. The van der Waals surface area contributed by atoms with Crippen LogP contribution in [0.3, 0.4) is 0 Å². The zero-order valence-corrected chi connectivity index (χ0v) is 18.0. The minimum Gasteiger partial charge on any atom is -0.496 e. The van der Waals surface area contributed by atoms with Crippen molar-refractivity contribution in [3.63, 3.8) is 0 Å². The zero-order chi connectivity index (χ0) is 22.1. The minimum atomic E-state index is -0.251. The number of carbonyl (C=O) groups excluding carboxylic acids is 1. The van der Waals surface area contributed by atoms with Gasteiger partial charge in [-0.1, -0.05) is 0 Å². The number of ether oxygens (including phenoxy) is 3. The quantitative estimate of drug-likeness (QED) is 0.563. The molecule has 0 unspecified atom stereocenters. The van der Waals surface area contributed by atoms with Crippen LogP contribution in [0.15, 0.2) is 41.6 Å². The van der Waals surface area contributed by atoms with Crippen LogP contribution in [0.4, 0.5) is 0 Å². The summed E-state index contributed by atoms with van der Waals surface area (Å²) in [4.78, 5) is 30.6. The average molecular weight is 423 g/mol. The van der Waals surface area contributed by atoms with Crippen LogP contribution < -0.4 is 15.0 Å². The molecule has 0 amide bonds. The van der Waals surface area contributed by atoms with Crippen LogP contribution in [0.25, 0.3) is 21.9 Å². The fourth-order valence-electron chi connectivity index (χ4n) is 4.07. The molecule has 1 saturated heterocycles. The van der Waals surface area contributed by atoms with E-state index in [9.17, 15) is 9.59 Å². The predicted octanol–water partition coefficient (Wildman–Crippen LogP) is 2.37. The number of benzene rings is 1. The molecule has 1 aliphatic rings. The van der Waals surface area contributed by atoms with Crippen molar-refractivity contribution in [2.45, 2.75) is 19.0 Å². The molecule has 1 fully saturated rings. The van der Waals surface area contributed by atoms with E-state index in [0.717, 1.165) is 35.0 Å². The SMILES string of the molecule is COC(=O)[C@H]1CCN1Cc1c(OC)cc(-c2cn(C)c(=O)c3cnccc23)cc1OC. The number of nitrogens with zero attached hydrogens (tertiary/aromatic N) is 3. The number of aromatic nitrogens is 2. The van der Waals surface area contributed by atoms with Crippen molar-refractivity contribution in [1.82, 2.24) is 14.5 Å². The van der Waals surface area contributed by atoms with Gasteiger partial charge in [0.1, 0.15) is 17.5 Å². The van der Waals surface area contributed by atoms with Crippen molar-refractivity contribution in [3.8, 4) is 22.6 Å². The topological polar surface area (TPSA) is 82.9 Å². The van der Waals surface area contributed by atoms with Crippen molar-refractivity contribution in [2.75, 3.05) is 27.9 Å². The van der Waals surface area contributed by atoms with E-state index in [-0.39, 0.29) is 17.6 Å². The summed E-state index contributed by atoms with van der Waals surface area (Å²) in [7, 11) is 6.34. The normalized spacial score (nSPS) is 16.1. The van der Waals surface area contributed by atoms with E-state index in [4.69, 9.17) is 14.2 Å². The van der Waals surface area contributed by atoms with Gasteiger partial charge in [-0.2, -0.15) is 0 Å². The summed E-state index contributed by atoms with van der Waals surface area (Å²) in [6.07, 6.45) is 5.83. The Balaban J connectivity index is 1.81. The highest BCUT2D eigenvalue weighted by atomic mass is 16.5. The lowest BCUT2D eigenvalue weighted by Crippen LogP contribution is -2.52. The molecule has 1 aromatic carbocycles. The first-order valence-corrected chi connectivity index (χ1v) is 9.99. The molecule has 1 atom stereocenters. The number of pyridine rings is 2. The number of fused-ring (bicyclic) bond motifs is 1. The molecular formula is C23H25N3O5. The molecule has 0 radical (unpaired) electrons. The van der Waals surface area contributed by atoms with Gasteiger partial charge in [0.25, 0.3) is 5.56 Å². The molecule has 4 rings (SSSR count). The van der Waals surface area contributed by atoms with E-state index >= 15 is 0 Å². The third-order valence-electron chi connectivity index (χ3n) is 5.87. The van der Waals surface area contributed by atoms with Crippen molar-refractivity contribution >= 4 is 16.7 Å². The monoisotopic (exact) mass is 423 g/mol. The molecule has 0 saturated carbocycles. The molecule has 31 heavy (non-hydrogen) atoms. The molecular weight excluding hydrogens is 398 g/mol. The number of rotatable bonds is 6. The molecule has 3 heterocycles. The lowest BCUT2D eigenvalue weighted by Gasteiger charge is -2.39. The Labute approximate surface area is 180 Å². The van der Waals surface area contributed by atoms with E-state index in [1.165, 1.54) is 7.11 Å². The molecule has 0 N–H and O–H groups in total. The van der Waals surface area contributed by atoms with Crippen molar-refractivity contribution in [2.24, 2.45) is 7.05 Å². The maximum atomic E-state index is 12.5. The number of aryl methyl sites for hydroxylation is 1. The number of hydrogen-bond acceptors (Lipinski definition) is 7. The predicted molar refractivity (Wildman–Crippen MR) is 116 cm³/mol. The molecule has 2 aromatic heterocycles. The van der Waals surface area contributed by atoms with Crippen LogP contribution in [-0.4, -0.2) is 54.3 Å². The van der Waals surface area contributed by atoms with Crippen LogP contribution >= 0.6 is 0 Å². The summed E-state index contributed by atoms with van der Waals surface area (Å²) in [6.45, 7) is 1.30. The van der Waals surface area contributed by atoms with Crippen LogP contribution in [0.2, 0.25) is 0 Å². The summed E-state index contributed by atoms with van der Waals surface area (Å²) in [5, 5.41) is 1.36. The van der Waals surface area contributed by atoms with E-state index in [0.29, 0.717) is 23.4 Å². The molecule has 0 bridgehead atoms. The lowest BCUT2D eigenvalue weighted by atomic mass is 9.97. The van der Waals surface area contributed by atoms with E-state index in [2.05, 4.69) is 4.98 Å². The van der Waals surface area contributed by atoms with E-state index in [1.54, 1.807) is 44.4 Å². The molecule has 8 heteroatoms. The van der Waals surface area contributed by atoms with Gasteiger partial charge in [0.05, 0.1) is 32.3 Å². The van der Waals surface area contributed by atoms with Gasteiger partial charge in [-0.05, 0) is 35.6 Å². The Morgan fingerprint density at radius 1 is 1.16 bits per heavy atom. The van der Waals surface area contributed by atoms with Gasteiger partial charge in [0.15, 0.2) is 0 Å². The van der Waals surface area contributed by atoms with Crippen LogP contribution in [0.5, 0.6) is 11.5 Å². The van der Waals surface area contributed by atoms with Crippen molar-refractivity contribution in [3.05, 3.63) is 52.7 Å². The van der Waals surface area contributed by atoms with E-state index < -0.39 is 0 Å². The summed E-state index contributed by atoms with van der Waals surface area (Å²) in [5.41, 5.74) is 2.49. The first-order chi connectivity index (χ1) is 15.0. The molecule has 0 spiro atoms. The summed E-state index contributed by atoms with van der Waals surface area (Å²) < 4.78 is 17.9. The van der Waals surface area contributed by atoms with E-state index in [1.807, 2.05) is 23.1 Å². The number of methoxy groups -OCH3 is 3.